The Morgan fingerprint density at radius 2 is 2.11 bits per heavy atom. The highest BCUT2D eigenvalue weighted by Gasteiger charge is 2.13. The van der Waals surface area contributed by atoms with Crippen LogP contribution in [0.1, 0.15) is 17.0 Å². The van der Waals surface area contributed by atoms with E-state index in [1.807, 2.05) is 26.1 Å². The molecule has 2 aromatic rings. The third-order valence-electron chi connectivity index (χ3n) is 3.31. The van der Waals surface area contributed by atoms with Crippen LogP contribution in [0.15, 0.2) is 18.2 Å². The number of ether oxygens (including phenoxy) is 2. The van der Waals surface area contributed by atoms with Gasteiger partial charge in [0.2, 0.25) is 6.79 Å². The molecule has 100 valence electrons. The minimum atomic E-state index is 0.322. The first-order valence-electron chi connectivity index (χ1n) is 6.38. The number of anilines is 1. The van der Waals surface area contributed by atoms with Gasteiger partial charge in [-0.05, 0) is 37.5 Å². The number of nitrogens with zero attached hydrogens (tertiary/aromatic N) is 1. The number of hydrogen-bond acceptors (Lipinski definition) is 4. The van der Waals surface area contributed by atoms with Gasteiger partial charge in [-0.3, -0.25) is 0 Å². The highest BCUT2D eigenvalue weighted by molar-refractivity contribution is 5.44. The Balaban J connectivity index is 1.70. The molecule has 3 rings (SSSR count). The number of benzene rings is 1. The SMILES string of the molecule is CNc1nc(CCc2ccc3c(c2)OCO3)c(C)[nH]1. The first-order chi connectivity index (χ1) is 9.26. The second-order valence-corrected chi connectivity index (χ2v) is 4.59. The lowest BCUT2D eigenvalue weighted by Gasteiger charge is -2.02. The third-order valence-corrected chi connectivity index (χ3v) is 3.31. The minimum absolute atomic E-state index is 0.322. The largest absolute Gasteiger partial charge is 0.454 e. The fraction of sp³-hybridized carbons (Fsp3) is 0.357. The molecule has 0 unspecified atom stereocenters. The van der Waals surface area contributed by atoms with Gasteiger partial charge in [0.05, 0.1) is 5.69 Å². The molecule has 1 aromatic heterocycles. The molecule has 2 N–H and O–H groups in total. The third kappa shape index (κ3) is 2.36. The molecule has 19 heavy (non-hydrogen) atoms. The topological polar surface area (TPSA) is 59.2 Å². The van der Waals surface area contributed by atoms with Gasteiger partial charge in [-0.15, -0.1) is 0 Å². The summed E-state index contributed by atoms with van der Waals surface area (Å²) < 4.78 is 10.7. The lowest BCUT2D eigenvalue weighted by atomic mass is 10.1. The van der Waals surface area contributed by atoms with Gasteiger partial charge in [-0.2, -0.15) is 0 Å². The number of hydrogen-bond donors (Lipinski definition) is 2. The van der Waals surface area contributed by atoms with Crippen LogP contribution in [0.3, 0.4) is 0 Å². The Hall–Kier alpha value is -2.17. The molecule has 1 aliphatic heterocycles. The molecule has 0 saturated carbocycles. The number of aryl methyl sites for hydroxylation is 3. The van der Waals surface area contributed by atoms with Crippen molar-refractivity contribution in [2.45, 2.75) is 19.8 Å². The average Bonchev–Trinajstić information content (AvgIpc) is 3.02. The van der Waals surface area contributed by atoms with Gasteiger partial charge in [0.1, 0.15) is 0 Å². The van der Waals surface area contributed by atoms with E-state index >= 15 is 0 Å². The van der Waals surface area contributed by atoms with Crippen molar-refractivity contribution in [3.63, 3.8) is 0 Å². The van der Waals surface area contributed by atoms with Crippen molar-refractivity contribution < 1.29 is 9.47 Å². The summed E-state index contributed by atoms with van der Waals surface area (Å²) in [4.78, 5) is 7.70. The van der Waals surface area contributed by atoms with E-state index in [1.165, 1.54) is 5.56 Å². The smallest absolute Gasteiger partial charge is 0.231 e. The molecule has 5 nitrogen and oxygen atoms in total. The monoisotopic (exact) mass is 259 g/mol. The molecule has 0 fully saturated rings. The van der Waals surface area contributed by atoms with Crippen LogP contribution < -0.4 is 14.8 Å². The molecular formula is C14H17N3O2. The van der Waals surface area contributed by atoms with Crippen molar-refractivity contribution in [3.05, 3.63) is 35.2 Å². The van der Waals surface area contributed by atoms with Gasteiger partial charge in [-0.1, -0.05) is 6.07 Å². The fourth-order valence-electron chi connectivity index (χ4n) is 2.22. The number of imidazole rings is 1. The van der Waals surface area contributed by atoms with Gasteiger partial charge in [0.25, 0.3) is 0 Å². The van der Waals surface area contributed by atoms with Crippen LogP contribution in [-0.2, 0) is 12.8 Å². The van der Waals surface area contributed by atoms with Crippen LogP contribution in [-0.4, -0.2) is 23.8 Å². The maximum Gasteiger partial charge on any atom is 0.231 e. The van der Waals surface area contributed by atoms with Gasteiger partial charge in [0.15, 0.2) is 17.4 Å². The lowest BCUT2D eigenvalue weighted by Crippen LogP contribution is -1.95. The number of aromatic nitrogens is 2. The number of aromatic amines is 1. The first-order valence-corrected chi connectivity index (χ1v) is 6.38. The summed E-state index contributed by atoms with van der Waals surface area (Å²) in [5.41, 5.74) is 3.45. The molecule has 0 saturated heterocycles. The lowest BCUT2D eigenvalue weighted by molar-refractivity contribution is 0.174. The van der Waals surface area contributed by atoms with Crippen LogP contribution in [0.5, 0.6) is 11.5 Å². The maximum atomic E-state index is 5.38. The molecule has 0 radical (unpaired) electrons. The highest BCUT2D eigenvalue weighted by atomic mass is 16.7. The number of rotatable bonds is 4. The average molecular weight is 259 g/mol. The van der Waals surface area contributed by atoms with E-state index in [-0.39, 0.29) is 0 Å². The normalized spacial score (nSPS) is 12.7. The van der Waals surface area contributed by atoms with Crippen LogP contribution in [0.4, 0.5) is 5.95 Å². The zero-order valence-electron chi connectivity index (χ0n) is 11.1. The second kappa shape index (κ2) is 4.84. The van der Waals surface area contributed by atoms with E-state index in [1.54, 1.807) is 0 Å². The van der Waals surface area contributed by atoms with Gasteiger partial charge >= 0.3 is 0 Å². The van der Waals surface area contributed by atoms with E-state index in [9.17, 15) is 0 Å². The summed E-state index contributed by atoms with van der Waals surface area (Å²) in [6, 6.07) is 6.09. The zero-order chi connectivity index (χ0) is 13.2. The predicted octanol–water partition coefficient (Wildman–Crippen LogP) is 2.27. The maximum absolute atomic E-state index is 5.38. The van der Waals surface area contributed by atoms with Gasteiger partial charge in [-0.25, -0.2) is 4.98 Å². The molecule has 5 heteroatoms. The van der Waals surface area contributed by atoms with Crippen molar-refractivity contribution in [2.24, 2.45) is 0 Å². The summed E-state index contributed by atoms with van der Waals surface area (Å²) in [5, 5.41) is 3.02. The summed E-state index contributed by atoms with van der Waals surface area (Å²) in [6.07, 6.45) is 1.84. The summed E-state index contributed by atoms with van der Waals surface area (Å²) in [7, 11) is 1.86. The van der Waals surface area contributed by atoms with Crippen LogP contribution in [0.25, 0.3) is 0 Å². The van der Waals surface area contributed by atoms with E-state index in [0.29, 0.717) is 6.79 Å². The van der Waals surface area contributed by atoms with Gasteiger partial charge < -0.3 is 19.8 Å². The molecular weight excluding hydrogens is 242 g/mol. The summed E-state index contributed by atoms with van der Waals surface area (Å²) in [5.74, 6) is 2.49. The number of fused-ring (bicyclic) bond motifs is 1. The van der Waals surface area contributed by atoms with Crippen LogP contribution >= 0.6 is 0 Å². The van der Waals surface area contributed by atoms with Crippen molar-refractivity contribution in [1.29, 1.82) is 0 Å². The minimum Gasteiger partial charge on any atom is -0.454 e. The molecule has 0 amide bonds. The molecule has 0 spiro atoms. The quantitative estimate of drug-likeness (QED) is 0.884. The molecule has 0 bridgehead atoms. The fourth-order valence-corrected chi connectivity index (χ4v) is 2.22. The first kappa shape index (κ1) is 11.9. The van der Waals surface area contributed by atoms with E-state index in [0.717, 1.165) is 41.7 Å². The van der Waals surface area contributed by atoms with Crippen LogP contribution in [0.2, 0.25) is 0 Å². The molecule has 0 atom stereocenters. The molecule has 1 aliphatic rings. The van der Waals surface area contributed by atoms with Crippen molar-refractivity contribution in [1.82, 2.24) is 9.97 Å². The van der Waals surface area contributed by atoms with Crippen molar-refractivity contribution in [2.75, 3.05) is 19.2 Å². The van der Waals surface area contributed by atoms with E-state index < -0.39 is 0 Å². The number of H-pyrrole nitrogens is 1. The Kier molecular flexibility index (Phi) is 3.03. The molecule has 1 aromatic carbocycles. The van der Waals surface area contributed by atoms with Gasteiger partial charge in [0, 0.05) is 12.7 Å². The Bertz CT molecular complexity index is 592. The number of nitrogens with one attached hydrogen (secondary N) is 2. The Morgan fingerprint density at radius 3 is 2.89 bits per heavy atom. The van der Waals surface area contributed by atoms with Crippen molar-refractivity contribution >= 4 is 5.95 Å². The molecule has 0 aliphatic carbocycles. The van der Waals surface area contributed by atoms with Crippen molar-refractivity contribution in [3.8, 4) is 11.5 Å². The second-order valence-electron chi connectivity index (χ2n) is 4.59. The summed E-state index contributed by atoms with van der Waals surface area (Å²) in [6.45, 7) is 2.37. The van der Waals surface area contributed by atoms with E-state index in [2.05, 4.69) is 21.4 Å². The summed E-state index contributed by atoms with van der Waals surface area (Å²) >= 11 is 0. The Labute approximate surface area is 112 Å². The predicted molar refractivity (Wildman–Crippen MR) is 72.8 cm³/mol. The standard InChI is InChI=1S/C14H17N3O2/c1-9-11(17-14(15-2)16-9)5-3-10-4-6-12-13(7-10)19-8-18-12/h4,6-7H,3,5,8H2,1-2H3,(H2,15,16,17). The highest BCUT2D eigenvalue weighted by Crippen LogP contribution is 2.32. The van der Waals surface area contributed by atoms with Crippen LogP contribution in [0, 0.1) is 6.92 Å². The molecule has 2 heterocycles. The Morgan fingerprint density at radius 1 is 1.26 bits per heavy atom. The van der Waals surface area contributed by atoms with E-state index in [4.69, 9.17) is 9.47 Å². The zero-order valence-corrected chi connectivity index (χ0v) is 11.1.